The Balaban J connectivity index is 1.83. The first-order valence-electron chi connectivity index (χ1n) is 6.91. The number of hydrogen-bond acceptors (Lipinski definition) is 5. The average Bonchev–Trinajstić information content (AvgIpc) is 3.25. The highest BCUT2D eigenvalue weighted by Gasteiger charge is 2.15. The maximum atomic E-state index is 6.33. The van der Waals surface area contributed by atoms with Crippen LogP contribution >= 0.6 is 22.7 Å². The molecule has 4 heterocycles. The summed E-state index contributed by atoms with van der Waals surface area (Å²) in [6.45, 7) is 2.09. The highest BCUT2D eigenvalue weighted by molar-refractivity contribution is 7.13. The SMILES string of the molecule is Cc1csc(-c2cnc3ccc(C(N)c4cccs4)nn23)c1. The topological polar surface area (TPSA) is 56.2 Å². The summed E-state index contributed by atoms with van der Waals surface area (Å²) in [4.78, 5) is 6.71. The minimum atomic E-state index is -0.204. The monoisotopic (exact) mass is 326 g/mol. The summed E-state index contributed by atoms with van der Waals surface area (Å²) in [6, 6.07) is 9.93. The number of rotatable bonds is 3. The fourth-order valence-corrected chi connectivity index (χ4v) is 4.03. The molecule has 0 fully saturated rings. The summed E-state index contributed by atoms with van der Waals surface area (Å²) in [5.41, 5.74) is 10.3. The van der Waals surface area contributed by atoms with Gasteiger partial charge in [-0.05, 0) is 47.5 Å². The summed E-state index contributed by atoms with van der Waals surface area (Å²) in [6.07, 6.45) is 1.87. The molecule has 0 aromatic carbocycles. The predicted molar refractivity (Wildman–Crippen MR) is 91.4 cm³/mol. The lowest BCUT2D eigenvalue weighted by Crippen LogP contribution is -2.13. The minimum absolute atomic E-state index is 0.204. The van der Waals surface area contributed by atoms with E-state index < -0.39 is 0 Å². The molecule has 1 atom stereocenters. The predicted octanol–water partition coefficient (Wildman–Crippen LogP) is 3.88. The number of nitrogens with zero attached hydrogens (tertiary/aromatic N) is 3. The molecule has 0 amide bonds. The normalized spacial score (nSPS) is 12.8. The molecule has 0 radical (unpaired) electrons. The van der Waals surface area contributed by atoms with Gasteiger partial charge in [0.15, 0.2) is 5.65 Å². The van der Waals surface area contributed by atoms with Gasteiger partial charge < -0.3 is 5.73 Å². The lowest BCUT2D eigenvalue weighted by Gasteiger charge is -2.09. The van der Waals surface area contributed by atoms with Crippen molar-refractivity contribution in [3.8, 4) is 10.6 Å². The van der Waals surface area contributed by atoms with E-state index in [1.54, 1.807) is 22.7 Å². The highest BCUT2D eigenvalue weighted by Crippen LogP contribution is 2.28. The van der Waals surface area contributed by atoms with Crippen LogP contribution in [-0.2, 0) is 0 Å². The van der Waals surface area contributed by atoms with Gasteiger partial charge >= 0.3 is 0 Å². The maximum absolute atomic E-state index is 6.33. The number of imidazole rings is 1. The Kier molecular flexibility index (Phi) is 3.29. The Labute approximate surface area is 135 Å². The molecule has 22 heavy (non-hydrogen) atoms. The first kappa shape index (κ1) is 13.6. The molecule has 4 aromatic rings. The third kappa shape index (κ3) is 2.25. The number of fused-ring (bicyclic) bond motifs is 1. The van der Waals surface area contributed by atoms with Crippen LogP contribution in [0.2, 0.25) is 0 Å². The summed E-state index contributed by atoms with van der Waals surface area (Å²) in [5.74, 6) is 0. The number of hydrogen-bond donors (Lipinski definition) is 1. The maximum Gasteiger partial charge on any atom is 0.154 e. The van der Waals surface area contributed by atoms with Crippen molar-refractivity contribution in [3.05, 3.63) is 63.4 Å². The molecular weight excluding hydrogens is 312 g/mol. The van der Waals surface area contributed by atoms with Gasteiger partial charge in [0.1, 0.15) is 5.69 Å². The zero-order chi connectivity index (χ0) is 15.1. The molecule has 110 valence electrons. The van der Waals surface area contributed by atoms with Gasteiger partial charge in [-0.25, -0.2) is 9.50 Å². The number of aryl methyl sites for hydroxylation is 1. The van der Waals surface area contributed by atoms with Gasteiger partial charge in [-0.3, -0.25) is 0 Å². The summed E-state index contributed by atoms with van der Waals surface area (Å²) in [7, 11) is 0. The standard InChI is InChI=1S/C16H14N4S2/c1-10-7-14(22-9-10)12-8-18-15-5-4-11(19-20(12)15)16(17)13-3-2-6-21-13/h2-9,16H,17H2,1H3. The van der Waals surface area contributed by atoms with Crippen LogP contribution in [0.5, 0.6) is 0 Å². The van der Waals surface area contributed by atoms with Crippen molar-refractivity contribution < 1.29 is 0 Å². The zero-order valence-corrected chi connectivity index (χ0v) is 13.6. The first-order chi connectivity index (χ1) is 10.7. The van der Waals surface area contributed by atoms with Crippen molar-refractivity contribution in [1.29, 1.82) is 0 Å². The van der Waals surface area contributed by atoms with Gasteiger partial charge in [0.05, 0.1) is 22.8 Å². The lowest BCUT2D eigenvalue weighted by atomic mass is 10.2. The van der Waals surface area contributed by atoms with Crippen molar-refractivity contribution >= 4 is 28.3 Å². The summed E-state index contributed by atoms with van der Waals surface area (Å²) in [5, 5.41) is 8.89. The van der Waals surface area contributed by atoms with Crippen LogP contribution in [0, 0.1) is 6.92 Å². The van der Waals surface area contributed by atoms with Crippen LogP contribution in [0.3, 0.4) is 0 Å². The van der Waals surface area contributed by atoms with Crippen molar-refractivity contribution in [1.82, 2.24) is 14.6 Å². The number of aromatic nitrogens is 3. The van der Waals surface area contributed by atoms with E-state index in [2.05, 4.69) is 23.4 Å². The molecule has 0 saturated heterocycles. The van der Waals surface area contributed by atoms with E-state index in [1.807, 2.05) is 40.4 Å². The highest BCUT2D eigenvalue weighted by atomic mass is 32.1. The Morgan fingerprint density at radius 2 is 2.14 bits per heavy atom. The second-order valence-electron chi connectivity index (χ2n) is 5.15. The summed E-state index contributed by atoms with van der Waals surface area (Å²) < 4.78 is 1.88. The van der Waals surface area contributed by atoms with Crippen LogP contribution in [0.4, 0.5) is 0 Å². The van der Waals surface area contributed by atoms with E-state index in [4.69, 9.17) is 10.8 Å². The zero-order valence-electron chi connectivity index (χ0n) is 11.9. The Hall–Kier alpha value is -2.02. The molecule has 0 spiro atoms. The second kappa shape index (κ2) is 5.31. The first-order valence-corrected chi connectivity index (χ1v) is 8.67. The third-order valence-electron chi connectivity index (χ3n) is 3.53. The average molecular weight is 326 g/mol. The molecule has 6 heteroatoms. The van der Waals surface area contributed by atoms with Crippen molar-refractivity contribution in [2.75, 3.05) is 0 Å². The van der Waals surface area contributed by atoms with Crippen molar-refractivity contribution in [2.45, 2.75) is 13.0 Å². The van der Waals surface area contributed by atoms with E-state index in [1.165, 1.54) is 10.4 Å². The van der Waals surface area contributed by atoms with Crippen LogP contribution in [0.1, 0.15) is 22.2 Å². The molecule has 0 bridgehead atoms. The van der Waals surface area contributed by atoms with Crippen LogP contribution in [0.25, 0.3) is 16.2 Å². The Morgan fingerprint density at radius 3 is 2.86 bits per heavy atom. The van der Waals surface area contributed by atoms with Gasteiger partial charge in [0.25, 0.3) is 0 Å². The molecule has 0 saturated carbocycles. The van der Waals surface area contributed by atoms with Crippen molar-refractivity contribution in [3.63, 3.8) is 0 Å². The molecule has 0 aliphatic carbocycles. The summed E-state index contributed by atoms with van der Waals surface area (Å²) >= 11 is 3.35. The van der Waals surface area contributed by atoms with Crippen molar-refractivity contribution in [2.24, 2.45) is 5.73 Å². The van der Waals surface area contributed by atoms with Gasteiger partial charge in [0, 0.05) is 4.88 Å². The Morgan fingerprint density at radius 1 is 1.23 bits per heavy atom. The lowest BCUT2D eigenvalue weighted by molar-refractivity contribution is 0.783. The molecule has 4 nitrogen and oxygen atoms in total. The molecule has 4 rings (SSSR count). The van der Waals surface area contributed by atoms with E-state index in [0.29, 0.717) is 0 Å². The van der Waals surface area contributed by atoms with Gasteiger partial charge in [-0.1, -0.05) is 6.07 Å². The van der Waals surface area contributed by atoms with Crippen LogP contribution < -0.4 is 5.73 Å². The molecular formula is C16H14N4S2. The van der Waals surface area contributed by atoms with E-state index in [0.717, 1.165) is 21.9 Å². The quantitative estimate of drug-likeness (QED) is 0.621. The molecule has 0 aliphatic rings. The Bertz CT molecular complexity index is 921. The smallest absolute Gasteiger partial charge is 0.154 e. The van der Waals surface area contributed by atoms with Crippen LogP contribution in [-0.4, -0.2) is 14.6 Å². The molecule has 0 aliphatic heterocycles. The number of thiophene rings is 2. The van der Waals surface area contributed by atoms with E-state index in [-0.39, 0.29) is 6.04 Å². The fourth-order valence-electron chi connectivity index (χ4n) is 2.40. The molecule has 2 N–H and O–H groups in total. The second-order valence-corrected chi connectivity index (χ2v) is 7.04. The van der Waals surface area contributed by atoms with E-state index in [9.17, 15) is 0 Å². The van der Waals surface area contributed by atoms with Gasteiger partial charge in [-0.15, -0.1) is 22.7 Å². The fraction of sp³-hybridized carbons (Fsp3) is 0.125. The van der Waals surface area contributed by atoms with Gasteiger partial charge in [0.2, 0.25) is 0 Å². The molecule has 4 aromatic heterocycles. The third-order valence-corrected chi connectivity index (χ3v) is 5.56. The minimum Gasteiger partial charge on any atom is -0.318 e. The van der Waals surface area contributed by atoms with E-state index >= 15 is 0 Å². The van der Waals surface area contributed by atoms with Crippen LogP contribution in [0.15, 0.2) is 47.3 Å². The number of nitrogens with two attached hydrogens (primary N) is 1. The molecule has 1 unspecified atom stereocenters. The largest absolute Gasteiger partial charge is 0.318 e. The van der Waals surface area contributed by atoms with Gasteiger partial charge in [-0.2, -0.15) is 5.10 Å².